The summed E-state index contributed by atoms with van der Waals surface area (Å²) in [6, 6.07) is 7.34. The highest BCUT2D eigenvalue weighted by Crippen LogP contribution is 2.08. The number of esters is 1. The van der Waals surface area contributed by atoms with Crippen molar-refractivity contribution in [1.29, 1.82) is 0 Å². The summed E-state index contributed by atoms with van der Waals surface area (Å²) in [5.74, 6) is -0.152. The molecule has 1 rings (SSSR count). The molecule has 0 fully saturated rings. The highest BCUT2D eigenvalue weighted by molar-refractivity contribution is 5.72. The molecule has 3 heteroatoms. The van der Waals surface area contributed by atoms with Gasteiger partial charge in [0.1, 0.15) is 0 Å². The van der Waals surface area contributed by atoms with E-state index < -0.39 is 0 Å². The van der Waals surface area contributed by atoms with E-state index >= 15 is 0 Å². The maximum atomic E-state index is 11.6. The lowest BCUT2D eigenvalue weighted by atomic mass is 10.1. The minimum atomic E-state index is -0.152. The van der Waals surface area contributed by atoms with Crippen LogP contribution in [-0.2, 0) is 16.0 Å². The van der Waals surface area contributed by atoms with Crippen molar-refractivity contribution in [1.82, 2.24) is 0 Å². The van der Waals surface area contributed by atoms with Gasteiger partial charge in [0.15, 0.2) is 0 Å². The molecular formula is C17H27NO2. The van der Waals surface area contributed by atoms with Gasteiger partial charge in [-0.1, -0.05) is 57.6 Å². The van der Waals surface area contributed by atoms with Crippen molar-refractivity contribution < 1.29 is 9.53 Å². The van der Waals surface area contributed by atoms with Gasteiger partial charge in [-0.15, -0.1) is 0 Å². The molecule has 0 aliphatic carbocycles. The lowest BCUT2D eigenvalue weighted by Crippen LogP contribution is -2.09. The molecule has 0 saturated carbocycles. The molecule has 0 aliphatic heterocycles. The van der Waals surface area contributed by atoms with Crippen LogP contribution in [0.5, 0.6) is 0 Å². The Bertz CT molecular complexity index is 373. The van der Waals surface area contributed by atoms with E-state index in [4.69, 9.17) is 10.5 Å². The van der Waals surface area contributed by atoms with Crippen molar-refractivity contribution >= 4 is 11.7 Å². The van der Waals surface area contributed by atoms with Gasteiger partial charge in [0, 0.05) is 5.69 Å². The normalized spacial score (nSPS) is 10.4. The first-order chi connectivity index (χ1) is 9.72. The molecule has 3 nitrogen and oxygen atoms in total. The molecule has 0 spiro atoms. The number of unbranched alkanes of at least 4 members (excludes halogenated alkanes) is 6. The topological polar surface area (TPSA) is 52.3 Å². The van der Waals surface area contributed by atoms with Crippen LogP contribution in [0.2, 0.25) is 0 Å². The highest BCUT2D eigenvalue weighted by atomic mass is 16.5. The van der Waals surface area contributed by atoms with Crippen molar-refractivity contribution in [3.8, 4) is 0 Å². The summed E-state index contributed by atoms with van der Waals surface area (Å²) >= 11 is 0. The molecular weight excluding hydrogens is 250 g/mol. The first-order valence-electron chi connectivity index (χ1n) is 7.72. The monoisotopic (exact) mass is 277 g/mol. The van der Waals surface area contributed by atoms with Gasteiger partial charge in [-0.25, -0.2) is 0 Å². The Morgan fingerprint density at radius 1 is 1.00 bits per heavy atom. The Labute approximate surface area is 122 Å². The van der Waals surface area contributed by atoms with E-state index in [0.29, 0.717) is 18.7 Å². The molecule has 1 aromatic carbocycles. The van der Waals surface area contributed by atoms with Crippen LogP contribution in [0.15, 0.2) is 24.3 Å². The Hall–Kier alpha value is -1.51. The largest absolute Gasteiger partial charge is 0.465 e. The molecule has 0 atom stereocenters. The summed E-state index contributed by atoms with van der Waals surface area (Å²) in [4.78, 5) is 11.6. The number of hydrogen-bond acceptors (Lipinski definition) is 3. The Kier molecular flexibility index (Phi) is 8.52. The zero-order valence-electron chi connectivity index (χ0n) is 12.6. The molecule has 0 aliphatic rings. The Balaban J connectivity index is 2.01. The molecule has 0 radical (unpaired) electrons. The fourth-order valence-electron chi connectivity index (χ4n) is 2.10. The zero-order chi connectivity index (χ0) is 14.6. The summed E-state index contributed by atoms with van der Waals surface area (Å²) in [6.45, 7) is 2.77. The summed E-state index contributed by atoms with van der Waals surface area (Å²) in [5, 5.41) is 0. The molecule has 0 bridgehead atoms. The number of ether oxygens (including phenoxy) is 1. The van der Waals surface area contributed by atoms with Crippen molar-refractivity contribution in [2.75, 3.05) is 12.3 Å². The number of rotatable bonds is 10. The van der Waals surface area contributed by atoms with Crippen LogP contribution in [-0.4, -0.2) is 12.6 Å². The fourth-order valence-corrected chi connectivity index (χ4v) is 2.10. The predicted octanol–water partition coefficient (Wildman–Crippen LogP) is 4.11. The first-order valence-corrected chi connectivity index (χ1v) is 7.72. The highest BCUT2D eigenvalue weighted by Gasteiger charge is 2.04. The molecule has 0 heterocycles. The maximum absolute atomic E-state index is 11.6. The standard InChI is InChI=1S/C17H27NO2/c1-2-3-4-5-6-7-8-13-20-17(19)14-15-9-11-16(18)12-10-15/h9-12H,2-8,13-14,18H2,1H3. The van der Waals surface area contributed by atoms with Crippen LogP contribution >= 0.6 is 0 Å². The lowest BCUT2D eigenvalue weighted by Gasteiger charge is -2.05. The van der Waals surface area contributed by atoms with E-state index in [1.54, 1.807) is 12.1 Å². The van der Waals surface area contributed by atoms with Crippen LogP contribution in [0.1, 0.15) is 57.4 Å². The fraction of sp³-hybridized carbons (Fsp3) is 0.588. The van der Waals surface area contributed by atoms with Crippen molar-refractivity contribution in [3.63, 3.8) is 0 Å². The lowest BCUT2D eigenvalue weighted by molar-refractivity contribution is -0.142. The zero-order valence-corrected chi connectivity index (χ0v) is 12.6. The van der Waals surface area contributed by atoms with Crippen LogP contribution in [0.25, 0.3) is 0 Å². The number of hydrogen-bond donors (Lipinski definition) is 1. The molecule has 0 saturated heterocycles. The van der Waals surface area contributed by atoms with Gasteiger partial charge in [0.05, 0.1) is 13.0 Å². The summed E-state index contributed by atoms with van der Waals surface area (Å²) in [7, 11) is 0. The molecule has 2 N–H and O–H groups in total. The van der Waals surface area contributed by atoms with Crippen LogP contribution < -0.4 is 5.73 Å². The number of benzene rings is 1. The number of nitrogen functional groups attached to an aromatic ring is 1. The molecule has 1 aromatic rings. The van der Waals surface area contributed by atoms with Gasteiger partial charge in [0.25, 0.3) is 0 Å². The quantitative estimate of drug-likeness (QED) is 0.398. The SMILES string of the molecule is CCCCCCCCCOC(=O)Cc1ccc(N)cc1. The van der Waals surface area contributed by atoms with Crippen molar-refractivity contribution in [2.24, 2.45) is 0 Å². The molecule has 112 valence electrons. The van der Waals surface area contributed by atoms with E-state index in [1.807, 2.05) is 12.1 Å². The third-order valence-electron chi connectivity index (χ3n) is 3.34. The Morgan fingerprint density at radius 3 is 2.25 bits per heavy atom. The molecule has 0 unspecified atom stereocenters. The molecule has 0 aromatic heterocycles. The second-order valence-electron chi connectivity index (χ2n) is 5.26. The number of carbonyl (C=O) groups is 1. The van der Waals surface area contributed by atoms with Gasteiger partial charge in [-0.2, -0.15) is 0 Å². The predicted molar refractivity (Wildman–Crippen MR) is 83.5 cm³/mol. The summed E-state index contributed by atoms with van der Waals surface area (Å²) < 4.78 is 5.23. The smallest absolute Gasteiger partial charge is 0.310 e. The first kappa shape index (κ1) is 16.5. The van der Waals surface area contributed by atoms with Crippen LogP contribution in [0, 0.1) is 0 Å². The molecule has 0 amide bonds. The number of nitrogens with two attached hydrogens (primary N) is 1. The van der Waals surface area contributed by atoms with Gasteiger partial charge in [-0.3, -0.25) is 4.79 Å². The van der Waals surface area contributed by atoms with E-state index in [-0.39, 0.29) is 5.97 Å². The second-order valence-corrected chi connectivity index (χ2v) is 5.26. The average Bonchev–Trinajstić information content (AvgIpc) is 2.44. The minimum absolute atomic E-state index is 0.152. The third-order valence-corrected chi connectivity index (χ3v) is 3.34. The second kappa shape index (κ2) is 10.3. The number of carbonyl (C=O) groups excluding carboxylic acids is 1. The van der Waals surface area contributed by atoms with E-state index in [9.17, 15) is 4.79 Å². The summed E-state index contributed by atoms with van der Waals surface area (Å²) in [6.07, 6.45) is 8.94. The van der Waals surface area contributed by atoms with Gasteiger partial charge in [-0.05, 0) is 24.1 Å². The van der Waals surface area contributed by atoms with Gasteiger partial charge in [0.2, 0.25) is 0 Å². The maximum Gasteiger partial charge on any atom is 0.310 e. The minimum Gasteiger partial charge on any atom is -0.465 e. The molecule has 20 heavy (non-hydrogen) atoms. The van der Waals surface area contributed by atoms with Crippen LogP contribution in [0.3, 0.4) is 0 Å². The average molecular weight is 277 g/mol. The Morgan fingerprint density at radius 2 is 1.60 bits per heavy atom. The van der Waals surface area contributed by atoms with E-state index in [2.05, 4.69) is 6.92 Å². The van der Waals surface area contributed by atoms with E-state index in [0.717, 1.165) is 18.4 Å². The third kappa shape index (κ3) is 7.82. The van der Waals surface area contributed by atoms with Crippen molar-refractivity contribution in [2.45, 2.75) is 58.3 Å². The van der Waals surface area contributed by atoms with Gasteiger partial charge >= 0.3 is 5.97 Å². The summed E-state index contributed by atoms with van der Waals surface area (Å²) in [5.41, 5.74) is 7.26. The van der Waals surface area contributed by atoms with Gasteiger partial charge < -0.3 is 10.5 Å². The number of anilines is 1. The van der Waals surface area contributed by atoms with Crippen molar-refractivity contribution in [3.05, 3.63) is 29.8 Å². The van der Waals surface area contributed by atoms with E-state index in [1.165, 1.54) is 32.1 Å². The van der Waals surface area contributed by atoms with Crippen LogP contribution in [0.4, 0.5) is 5.69 Å².